The van der Waals surface area contributed by atoms with Gasteiger partial charge in [0.25, 0.3) is 5.91 Å². The average molecular weight is 378 g/mol. The second kappa shape index (κ2) is 7.79. The van der Waals surface area contributed by atoms with Crippen LogP contribution in [-0.4, -0.2) is 35.8 Å². The molecule has 8 nitrogen and oxygen atoms in total. The second-order valence-corrected chi connectivity index (χ2v) is 5.29. The van der Waals surface area contributed by atoms with E-state index in [0.29, 0.717) is 5.06 Å². The lowest BCUT2D eigenvalue weighted by Crippen LogP contribution is -2.45. The molecule has 2 aromatic rings. The third kappa shape index (κ3) is 4.55. The van der Waals surface area contributed by atoms with Gasteiger partial charge in [-0.15, -0.1) is 5.06 Å². The standard InChI is InChI=1S/C17H12F2N2O6/c18-10-1-5-12(6-2-10)26-16(23)20-14-9-25-21(15(14)22)17(24)27-13-7-3-11(19)4-8-13/h1-8,14H,9H2,(H,20,23)/t14-/m1/s1. The van der Waals surface area contributed by atoms with E-state index in [4.69, 9.17) is 14.3 Å². The lowest BCUT2D eigenvalue weighted by molar-refractivity contribution is -0.150. The number of benzene rings is 2. The Labute approximate surface area is 151 Å². The summed E-state index contributed by atoms with van der Waals surface area (Å²) in [6, 6.07) is 8.02. The summed E-state index contributed by atoms with van der Waals surface area (Å²) in [7, 11) is 0. The molecule has 1 aliphatic rings. The number of nitrogens with zero attached hydrogens (tertiary/aromatic N) is 1. The smallest absolute Gasteiger partial charge is 0.410 e. The Kier molecular flexibility index (Phi) is 5.27. The maximum atomic E-state index is 12.8. The lowest BCUT2D eigenvalue weighted by atomic mass is 10.3. The Morgan fingerprint density at radius 1 is 0.963 bits per heavy atom. The molecule has 0 unspecified atom stereocenters. The SMILES string of the molecule is O=C(N[C@@H]1CON(C(=O)Oc2ccc(F)cc2)C1=O)Oc1ccc(F)cc1. The molecule has 0 saturated carbocycles. The fourth-order valence-electron chi connectivity index (χ4n) is 2.10. The van der Waals surface area contributed by atoms with Gasteiger partial charge in [-0.2, -0.15) is 0 Å². The Balaban J connectivity index is 1.54. The summed E-state index contributed by atoms with van der Waals surface area (Å²) >= 11 is 0. The van der Waals surface area contributed by atoms with Crippen molar-refractivity contribution >= 4 is 18.1 Å². The van der Waals surface area contributed by atoms with E-state index in [2.05, 4.69) is 5.32 Å². The number of halogens is 2. The van der Waals surface area contributed by atoms with Crippen LogP contribution in [0.3, 0.4) is 0 Å². The van der Waals surface area contributed by atoms with Crippen molar-refractivity contribution in [2.24, 2.45) is 0 Å². The van der Waals surface area contributed by atoms with Gasteiger partial charge in [0, 0.05) is 0 Å². The van der Waals surface area contributed by atoms with E-state index in [9.17, 15) is 23.2 Å². The van der Waals surface area contributed by atoms with Gasteiger partial charge in [-0.05, 0) is 48.5 Å². The highest BCUT2D eigenvalue weighted by Gasteiger charge is 2.40. The highest BCUT2D eigenvalue weighted by atomic mass is 19.1. The zero-order valence-corrected chi connectivity index (χ0v) is 13.6. The highest BCUT2D eigenvalue weighted by molar-refractivity contribution is 5.97. The maximum Gasteiger partial charge on any atom is 0.447 e. The molecule has 0 bridgehead atoms. The summed E-state index contributed by atoms with van der Waals surface area (Å²) in [5.74, 6) is -1.83. The fraction of sp³-hybridized carbons (Fsp3) is 0.118. The fourth-order valence-corrected chi connectivity index (χ4v) is 2.10. The minimum atomic E-state index is -1.18. The number of carbonyl (C=O) groups excluding carboxylic acids is 3. The first-order valence-electron chi connectivity index (χ1n) is 7.60. The molecular formula is C17H12F2N2O6. The Hall–Kier alpha value is -3.53. The van der Waals surface area contributed by atoms with Crippen molar-refractivity contribution in [2.75, 3.05) is 6.61 Å². The van der Waals surface area contributed by atoms with Gasteiger partial charge in [-0.25, -0.2) is 18.4 Å². The van der Waals surface area contributed by atoms with Crippen LogP contribution < -0.4 is 14.8 Å². The molecule has 1 saturated heterocycles. The van der Waals surface area contributed by atoms with Gasteiger partial charge in [0.15, 0.2) is 0 Å². The van der Waals surface area contributed by atoms with E-state index in [0.717, 1.165) is 24.3 Å². The summed E-state index contributed by atoms with van der Waals surface area (Å²) in [4.78, 5) is 40.8. The van der Waals surface area contributed by atoms with E-state index >= 15 is 0 Å². The third-order valence-electron chi connectivity index (χ3n) is 3.37. The number of carbonyl (C=O) groups is 3. The summed E-state index contributed by atoms with van der Waals surface area (Å²) in [5.41, 5.74) is 0. The number of hydroxylamine groups is 2. The minimum absolute atomic E-state index is 0.00456. The number of hydrogen-bond donors (Lipinski definition) is 1. The first-order chi connectivity index (χ1) is 12.9. The number of hydrogen-bond acceptors (Lipinski definition) is 6. The van der Waals surface area contributed by atoms with Crippen LogP contribution in [0.25, 0.3) is 0 Å². The predicted molar refractivity (Wildman–Crippen MR) is 84.6 cm³/mol. The summed E-state index contributed by atoms with van der Waals surface area (Å²) < 4.78 is 35.4. The number of amides is 3. The predicted octanol–water partition coefficient (Wildman–Crippen LogP) is 2.39. The monoisotopic (exact) mass is 378 g/mol. The van der Waals surface area contributed by atoms with Crippen molar-refractivity contribution in [3.63, 3.8) is 0 Å². The molecule has 3 amide bonds. The molecule has 1 heterocycles. The van der Waals surface area contributed by atoms with Gasteiger partial charge in [0.05, 0.1) is 0 Å². The third-order valence-corrected chi connectivity index (χ3v) is 3.37. The molecule has 2 aromatic carbocycles. The van der Waals surface area contributed by atoms with Crippen LogP contribution in [0.2, 0.25) is 0 Å². The largest absolute Gasteiger partial charge is 0.447 e. The molecule has 1 atom stereocenters. The number of rotatable bonds is 3. The van der Waals surface area contributed by atoms with Crippen LogP contribution in [0.1, 0.15) is 0 Å². The van der Waals surface area contributed by atoms with Gasteiger partial charge in [-0.3, -0.25) is 9.63 Å². The molecule has 0 aliphatic carbocycles. The second-order valence-electron chi connectivity index (χ2n) is 5.29. The molecular weight excluding hydrogens is 366 g/mol. The van der Waals surface area contributed by atoms with Crippen LogP contribution in [0.4, 0.5) is 18.4 Å². The van der Waals surface area contributed by atoms with E-state index < -0.39 is 35.8 Å². The summed E-state index contributed by atoms with van der Waals surface area (Å²) in [5, 5.41) is 2.56. The number of nitrogens with one attached hydrogen (secondary N) is 1. The van der Waals surface area contributed by atoms with E-state index in [-0.39, 0.29) is 18.1 Å². The first kappa shape index (κ1) is 18.3. The molecule has 1 aliphatic heterocycles. The van der Waals surface area contributed by atoms with Gasteiger partial charge < -0.3 is 14.8 Å². The molecule has 0 spiro atoms. The summed E-state index contributed by atoms with van der Waals surface area (Å²) in [6.45, 7) is -0.324. The van der Waals surface area contributed by atoms with Crippen molar-refractivity contribution in [1.82, 2.24) is 10.4 Å². The van der Waals surface area contributed by atoms with E-state index in [1.54, 1.807) is 0 Å². The van der Waals surface area contributed by atoms with Crippen molar-refractivity contribution in [2.45, 2.75) is 6.04 Å². The minimum Gasteiger partial charge on any atom is -0.410 e. The van der Waals surface area contributed by atoms with Gasteiger partial charge in [0.2, 0.25) is 0 Å². The lowest BCUT2D eigenvalue weighted by Gasteiger charge is -2.13. The topological polar surface area (TPSA) is 94.2 Å². The van der Waals surface area contributed by atoms with Crippen LogP contribution in [0.5, 0.6) is 11.5 Å². The molecule has 1 N–H and O–H groups in total. The average Bonchev–Trinajstić information content (AvgIpc) is 2.99. The van der Waals surface area contributed by atoms with Crippen molar-refractivity contribution in [3.8, 4) is 11.5 Å². The molecule has 1 fully saturated rings. The van der Waals surface area contributed by atoms with Crippen molar-refractivity contribution < 1.29 is 37.5 Å². The molecule has 10 heteroatoms. The maximum absolute atomic E-state index is 12.8. The quantitative estimate of drug-likeness (QED) is 0.882. The van der Waals surface area contributed by atoms with Crippen LogP contribution in [0, 0.1) is 11.6 Å². The van der Waals surface area contributed by atoms with E-state index in [1.165, 1.54) is 24.3 Å². The van der Waals surface area contributed by atoms with Crippen LogP contribution >= 0.6 is 0 Å². The van der Waals surface area contributed by atoms with Gasteiger partial charge in [0.1, 0.15) is 35.8 Å². The van der Waals surface area contributed by atoms with Gasteiger partial charge >= 0.3 is 12.2 Å². The first-order valence-corrected chi connectivity index (χ1v) is 7.60. The van der Waals surface area contributed by atoms with Crippen molar-refractivity contribution in [3.05, 3.63) is 60.2 Å². The zero-order valence-electron chi connectivity index (χ0n) is 13.6. The van der Waals surface area contributed by atoms with Gasteiger partial charge in [-0.1, -0.05) is 0 Å². The molecule has 27 heavy (non-hydrogen) atoms. The zero-order chi connectivity index (χ0) is 19.4. The Morgan fingerprint density at radius 2 is 1.48 bits per heavy atom. The number of ether oxygens (including phenoxy) is 2. The molecule has 140 valence electrons. The summed E-state index contributed by atoms with van der Waals surface area (Å²) in [6.07, 6.45) is -2.14. The van der Waals surface area contributed by atoms with Crippen LogP contribution in [-0.2, 0) is 9.63 Å². The number of imide groups is 1. The molecule has 3 rings (SSSR count). The Morgan fingerprint density at radius 3 is 2.04 bits per heavy atom. The van der Waals surface area contributed by atoms with Crippen molar-refractivity contribution in [1.29, 1.82) is 0 Å². The van der Waals surface area contributed by atoms with E-state index in [1.807, 2.05) is 0 Å². The Bertz CT molecular complexity index is 857. The molecule has 0 aromatic heterocycles. The van der Waals surface area contributed by atoms with Crippen LogP contribution in [0.15, 0.2) is 48.5 Å². The normalized spacial score (nSPS) is 16.1. The highest BCUT2D eigenvalue weighted by Crippen LogP contribution is 2.16. The molecule has 0 radical (unpaired) electrons.